The second-order valence-corrected chi connectivity index (χ2v) is 4.26. The summed E-state index contributed by atoms with van der Waals surface area (Å²) in [6.45, 7) is 1.81. The SMILES string of the molecule is CC(C(=O)Cl)C(Br)c1ccccc1. The molecule has 3 heteroatoms. The number of carbonyl (C=O) groups is 1. The molecule has 0 amide bonds. The van der Waals surface area contributed by atoms with E-state index in [-0.39, 0.29) is 16.0 Å². The van der Waals surface area contributed by atoms with Crippen LogP contribution in [-0.4, -0.2) is 5.24 Å². The third kappa shape index (κ3) is 2.82. The Kier molecular flexibility index (Phi) is 3.94. The van der Waals surface area contributed by atoms with Crippen molar-refractivity contribution in [3.63, 3.8) is 0 Å². The molecular weight excluding hydrogens is 251 g/mol. The molecule has 1 rings (SSSR count). The monoisotopic (exact) mass is 260 g/mol. The van der Waals surface area contributed by atoms with Gasteiger partial charge in [-0.1, -0.05) is 53.2 Å². The van der Waals surface area contributed by atoms with Crippen LogP contribution >= 0.6 is 27.5 Å². The van der Waals surface area contributed by atoms with E-state index in [1.165, 1.54) is 0 Å². The summed E-state index contributed by atoms with van der Waals surface area (Å²) in [4.78, 5) is 10.9. The fraction of sp³-hybridized carbons (Fsp3) is 0.300. The van der Waals surface area contributed by atoms with Crippen molar-refractivity contribution < 1.29 is 4.79 Å². The molecule has 0 bridgehead atoms. The van der Waals surface area contributed by atoms with Gasteiger partial charge >= 0.3 is 0 Å². The average Bonchev–Trinajstić information content (AvgIpc) is 2.17. The Morgan fingerprint density at radius 3 is 2.38 bits per heavy atom. The number of alkyl halides is 1. The molecule has 0 saturated carbocycles. The maximum atomic E-state index is 10.9. The Balaban J connectivity index is 2.79. The van der Waals surface area contributed by atoms with Crippen LogP contribution in [0.25, 0.3) is 0 Å². The van der Waals surface area contributed by atoms with Gasteiger partial charge in [-0.05, 0) is 17.2 Å². The molecule has 2 unspecified atom stereocenters. The fourth-order valence-corrected chi connectivity index (χ4v) is 1.86. The molecule has 0 aliphatic carbocycles. The van der Waals surface area contributed by atoms with Gasteiger partial charge in [-0.3, -0.25) is 4.79 Å². The second-order valence-electron chi connectivity index (χ2n) is 2.91. The van der Waals surface area contributed by atoms with Gasteiger partial charge in [0.15, 0.2) is 0 Å². The molecule has 0 heterocycles. The van der Waals surface area contributed by atoms with Crippen LogP contribution < -0.4 is 0 Å². The van der Waals surface area contributed by atoms with Crippen molar-refractivity contribution in [2.24, 2.45) is 5.92 Å². The standard InChI is InChI=1S/C10H10BrClO/c1-7(10(12)13)9(11)8-5-3-2-4-6-8/h2-7,9H,1H3. The number of carbonyl (C=O) groups excluding carboxylic acids is 1. The van der Waals surface area contributed by atoms with Crippen molar-refractivity contribution in [2.75, 3.05) is 0 Å². The number of benzene rings is 1. The molecular formula is C10H10BrClO. The van der Waals surface area contributed by atoms with Gasteiger partial charge in [-0.25, -0.2) is 0 Å². The number of hydrogen-bond acceptors (Lipinski definition) is 1. The molecule has 0 aromatic heterocycles. The molecule has 0 spiro atoms. The average molecular weight is 262 g/mol. The summed E-state index contributed by atoms with van der Waals surface area (Å²) < 4.78 is 0. The Morgan fingerprint density at radius 1 is 1.38 bits per heavy atom. The normalized spacial score (nSPS) is 15.0. The molecule has 0 aliphatic heterocycles. The molecule has 1 aromatic carbocycles. The highest BCUT2D eigenvalue weighted by molar-refractivity contribution is 9.09. The largest absolute Gasteiger partial charge is 0.281 e. The van der Waals surface area contributed by atoms with E-state index >= 15 is 0 Å². The summed E-state index contributed by atoms with van der Waals surface area (Å²) >= 11 is 8.85. The first-order valence-electron chi connectivity index (χ1n) is 4.01. The Bertz CT molecular complexity index is 286. The van der Waals surface area contributed by atoms with Crippen LogP contribution in [0.15, 0.2) is 30.3 Å². The van der Waals surface area contributed by atoms with Gasteiger partial charge in [0.25, 0.3) is 0 Å². The van der Waals surface area contributed by atoms with Crippen molar-refractivity contribution in [1.82, 2.24) is 0 Å². The molecule has 13 heavy (non-hydrogen) atoms. The van der Waals surface area contributed by atoms with Crippen LogP contribution in [0.1, 0.15) is 17.3 Å². The molecule has 1 aromatic rings. The smallest absolute Gasteiger partial charge is 0.225 e. The van der Waals surface area contributed by atoms with Crippen molar-refractivity contribution in [2.45, 2.75) is 11.8 Å². The number of hydrogen-bond donors (Lipinski definition) is 0. The Hall–Kier alpha value is -0.340. The molecule has 70 valence electrons. The topological polar surface area (TPSA) is 17.1 Å². The van der Waals surface area contributed by atoms with E-state index in [2.05, 4.69) is 15.9 Å². The third-order valence-electron chi connectivity index (χ3n) is 1.91. The van der Waals surface area contributed by atoms with Gasteiger partial charge in [-0.15, -0.1) is 0 Å². The van der Waals surface area contributed by atoms with E-state index < -0.39 is 0 Å². The quantitative estimate of drug-likeness (QED) is 0.601. The van der Waals surface area contributed by atoms with Gasteiger partial charge in [0.1, 0.15) is 0 Å². The Morgan fingerprint density at radius 2 is 1.92 bits per heavy atom. The van der Waals surface area contributed by atoms with Crippen molar-refractivity contribution in [1.29, 1.82) is 0 Å². The highest BCUT2D eigenvalue weighted by Gasteiger charge is 2.20. The van der Waals surface area contributed by atoms with Gasteiger partial charge < -0.3 is 0 Å². The molecule has 0 radical (unpaired) electrons. The minimum atomic E-state index is -0.314. The van der Waals surface area contributed by atoms with E-state index in [0.717, 1.165) is 5.56 Å². The first kappa shape index (κ1) is 10.7. The van der Waals surface area contributed by atoms with Crippen LogP contribution in [0.3, 0.4) is 0 Å². The lowest BCUT2D eigenvalue weighted by atomic mass is 10.0. The van der Waals surface area contributed by atoms with Crippen LogP contribution in [0.2, 0.25) is 0 Å². The summed E-state index contributed by atoms with van der Waals surface area (Å²) in [6, 6.07) is 9.76. The highest BCUT2D eigenvalue weighted by atomic mass is 79.9. The van der Waals surface area contributed by atoms with Gasteiger partial charge in [-0.2, -0.15) is 0 Å². The highest BCUT2D eigenvalue weighted by Crippen LogP contribution is 2.31. The molecule has 2 atom stereocenters. The van der Waals surface area contributed by atoms with Gasteiger partial charge in [0.2, 0.25) is 5.24 Å². The minimum absolute atomic E-state index is 0.00120. The molecule has 0 N–H and O–H groups in total. The molecule has 0 fully saturated rings. The first-order valence-corrected chi connectivity index (χ1v) is 5.30. The maximum absolute atomic E-state index is 10.9. The van der Waals surface area contributed by atoms with Gasteiger partial charge in [0, 0.05) is 5.92 Å². The lowest BCUT2D eigenvalue weighted by Crippen LogP contribution is -2.10. The number of rotatable bonds is 3. The van der Waals surface area contributed by atoms with Crippen LogP contribution in [-0.2, 0) is 4.79 Å². The zero-order valence-electron chi connectivity index (χ0n) is 7.21. The van der Waals surface area contributed by atoms with Crippen LogP contribution in [0.5, 0.6) is 0 Å². The third-order valence-corrected chi connectivity index (χ3v) is 3.58. The van der Waals surface area contributed by atoms with E-state index in [1.807, 2.05) is 37.3 Å². The molecule has 1 nitrogen and oxygen atoms in total. The van der Waals surface area contributed by atoms with Crippen LogP contribution in [0, 0.1) is 5.92 Å². The first-order chi connectivity index (χ1) is 6.13. The van der Waals surface area contributed by atoms with E-state index in [4.69, 9.17) is 11.6 Å². The number of halogens is 2. The molecule has 0 saturated heterocycles. The van der Waals surface area contributed by atoms with Crippen molar-refractivity contribution in [3.05, 3.63) is 35.9 Å². The summed E-state index contributed by atoms with van der Waals surface area (Å²) in [5.41, 5.74) is 1.07. The van der Waals surface area contributed by atoms with Gasteiger partial charge in [0.05, 0.1) is 4.83 Å². The summed E-state index contributed by atoms with van der Waals surface area (Å²) in [5, 5.41) is -0.314. The minimum Gasteiger partial charge on any atom is -0.281 e. The lowest BCUT2D eigenvalue weighted by Gasteiger charge is -2.14. The zero-order chi connectivity index (χ0) is 9.84. The second kappa shape index (κ2) is 4.77. The van der Waals surface area contributed by atoms with Crippen molar-refractivity contribution >= 4 is 32.8 Å². The lowest BCUT2D eigenvalue weighted by molar-refractivity contribution is -0.114. The summed E-state index contributed by atoms with van der Waals surface area (Å²) in [5.74, 6) is -0.205. The Labute approximate surface area is 91.2 Å². The molecule has 0 aliphatic rings. The predicted molar refractivity (Wildman–Crippen MR) is 58.1 cm³/mol. The van der Waals surface area contributed by atoms with E-state index in [1.54, 1.807) is 0 Å². The fourth-order valence-electron chi connectivity index (χ4n) is 1.04. The maximum Gasteiger partial charge on any atom is 0.225 e. The summed E-state index contributed by atoms with van der Waals surface area (Å²) in [7, 11) is 0. The van der Waals surface area contributed by atoms with E-state index in [0.29, 0.717) is 0 Å². The van der Waals surface area contributed by atoms with Crippen LogP contribution in [0.4, 0.5) is 0 Å². The summed E-state index contributed by atoms with van der Waals surface area (Å²) in [6.07, 6.45) is 0. The predicted octanol–water partition coefficient (Wildman–Crippen LogP) is 3.52. The van der Waals surface area contributed by atoms with E-state index in [9.17, 15) is 4.79 Å². The zero-order valence-corrected chi connectivity index (χ0v) is 9.55. The van der Waals surface area contributed by atoms with Crippen molar-refractivity contribution in [3.8, 4) is 0 Å².